The van der Waals surface area contributed by atoms with Gasteiger partial charge in [0.2, 0.25) is 0 Å². The molecule has 0 bridgehead atoms. The fourth-order valence-corrected chi connectivity index (χ4v) is 9.97. The molecule has 0 rings (SSSR count). The molecule has 0 heterocycles. The van der Waals surface area contributed by atoms with Crippen molar-refractivity contribution < 1.29 is 42.9 Å². The van der Waals surface area contributed by atoms with Gasteiger partial charge >= 0.3 is 17.9 Å². The van der Waals surface area contributed by atoms with Crippen molar-refractivity contribution in [3.8, 4) is 0 Å². The molecule has 0 aromatic heterocycles. The number of carboxylic acid groups (broad SMARTS) is 1. The van der Waals surface area contributed by atoms with Crippen LogP contribution in [0.2, 0.25) is 0 Å². The van der Waals surface area contributed by atoms with Gasteiger partial charge in [0.15, 0.2) is 6.10 Å². The second-order valence-corrected chi connectivity index (χ2v) is 24.8. The zero-order chi connectivity index (χ0) is 61.9. The maximum atomic E-state index is 12.9. The Morgan fingerprint density at radius 2 is 0.671 bits per heavy atom. The largest absolute Gasteiger partial charge is 0.477 e. The van der Waals surface area contributed by atoms with Crippen molar-refractivity contribution in [1.29, 1.82) is 0 Å². The van der Waals surface area contributed by atoms with Gasteiger partial charge in [-0.2, -0.15) is 0 Å². The SMILES string of the molecule is CC/C=C\C/C=C\C/C=C\C/C=C\C/C=C\C/C=C\C/C=C\C/C=C\CCCCCCCCCCC(=O)OC(COC(=O)CCCCCCCCCCCCCCCCCCCCCCCCCCCCC)COC(OCC[N+](C)(C)C)C(=O)O. The van der Waals surface area contributed by atoms with Crippen LogP contribution in [-0.2, 0) is 33.3 Å². The van der Waals surface area contributed by atoms with E-state index >= 15 is 0 Å². The number of carboxylic acids is 1. The summed E-state index contributed by atoms with van der Waals surface area (Å²) >= 11 is 0. The molecular formula is C76H134NO8+. The molecule has 0 saturated heterocycles. The van der Waals surface area contributed by atoms with Crippen LogP contribution in [0.5, 0.6) is 0 Å². The van der Waals surface area contributed by atoms with Crippen LogP contribution < -0.4 is 0 Å². The van der Waals surface area contributed by atoms with Gasteiger partial charge in [0, 0.05) is 12.8 Å². The number of allylic oxidation sites excluding steroid dienone is 16. The first kappa shape index (κ1) is 81.2. The van der Waals surface area contributed by atoms with Gasteiger partial charge in [-0.1, -0.05) is 317 Å². The number of hydrogen-bond donors (Lipinski definition) is 1. The molecule has 0 aliphatic carbocycles. The second kappa shape index (κ2) is 66.2. The van der Waals surface area contributed by atoms with Crippen LogP contribution in [0.3, 0.4) is 0 Å². The molecule has 0 fully saturated rings. The van der Waals surface area contributed by atoms with Gasteiger partial charge in [-0.05, 0) is 77.0 Å². The number of aliphatic carboxylic acids is 1. The van der Waals surface area contributed by atoms with Crippen molar-refractivity contribution in [2.24, 2.45) is 0 Å². The molecule has 0 aliphatic rings. The monoisotopic (exact) mass is 1190 g/mol. The van der Waals surface area contributed by atoms with Crippen molar-refractivity contribution in [2.45, 2.75) is 322 Å². The van der Waals surface area contributed by atoms with Crippen LogP contribution in [0, 0.1) is 0 Å². The minimum absolute atomic E-state index is 0.183. The predicted octanol–water partition coefficient (Wildman–Crippen LogP) is 22.0. The molecule has 1 N–H and O–H groups in total. The summed E-state index contributed by atoms with van der Waals surface area (Å²) in [6, 6.07) is 0. The normalized spacial score (nSPS) is 13.3. The number of carbonyl (C=O) groups is 3. The topological polar surface area (TPSA) is 108 Å². The lowest BCUT2D eigenvalue weighted by molar-refractivity contribution is -0.870. The molecule has 2 unspecified atom stereocenters. The van der Waals surface area contributed by atoms with E-state index < -0.39 is 24.3 Å². The molecule has 85 heavy (non-hydrogen) atoms. The third-order valence-corrected chi connectivity index (χ3v) is 15.4. The van der Waals surface area contributed by atoms with Crippen LogP contribution in [0.15, 0.2) is 97.2 Å². The van der Waals surface area contributed by atoms with E-state index in [2.05, 4.69) is 111 Å². The van der Waals surface area contributed by atoms with Crippen molar-refractivity contribution >= 4 is 17.9 Å². The molecule has 0 aliphatic heterocycles. The van der Waals surface area contributed by atoms with Crippen LogP contribution >= 0.6 is 0 Å². The summed E-state index contributed by atoms with van der Waals surface area (Å²) in [5.74, 6) is -2.01. The van der Waals surface area contributed by atoms with Crippen LogP contribution in [0.1, 0.15) is 309 Å². The van der Waals surface area contributed by atoms with Gasteiger partial charge in [-0.25, -0.2) is 4.79 Å². The number of rotatable bonds is 65. The molecule has 0 radical (unpaired) electrons. The number of likely N-dealkylation sites (N-methyl/N-ethyl adjacent to an activating group) is 1. The molecule has 0 amide bonds. The van der Waals surface area contributed by atoms with E-state index in [0.717, 1.165) is 96.3 Å². The number of esters is 2. The molecule has 2 atom stereocenters. The highest BCUT2D eigenvalue weighted by molar-refractivity contribution is 5.71. The highest BCUT2D eigenvalue weighted by atomic mass is 16.7. The zero-order valence-corrected chi connectivity index (χ0v) is 56.0. The van der Waals surface area contributed by atoms with Gasteiger partial charge in [-0.15, -0.1) is 0 Å². The third-order valence-electron chi connectivity index (χ3n) is 15.4. The van der Waals surface area contributed by atoms with E-state index in [9.17, 15) is 19.5 Å². The van der Waals surface area contributed by atoms with Crippen LogP contribution in [0.25, 0.3) is 0 Å². The van der Waals surface area contributed by atoms with Crippen LogP contribution in [0.4, 0.5) is 0 Å². The summed E-state index contributed by atoms with van der Waals surface area (Å²) in [5, 5.41) is 9.75. The number of ether oxygens (including phenoxy) is 4. The average molecular weight is 1190 g/mol. The summed E-state index contributed by atoms with van der Waals surface area (Å²) in [6.45, 7) is 4.79. The number of unbranched alkanes of at least 4 members (excludes halogenated alkanes) is 34. The van der Waals surface area contributed by atoms with E-state index in [1.807, 2.05) is 21.1 Å². The second-order valence-electron chi connectivity index (χ2n) is 24.8. The summed E-state index contributed by atoms with van der Waals surface area (Å²) in [5.41, 5.74) is 0. The molecule has 490 valence electrons. The highest BCUT2D eigenvalue weighted by Gasteiger charge is 2.25. The quantitative estimate of drug-likeness (QED) is 0.0211. The molecule has 0 aromatic rings. The van der Waals surface area contributed by atoms with Crippen molar-refractivity contribution in [2.75, 3.05) is 47.5 Å². The van der Waals surface area contributed by atoms with E-state index in [-0.39, 0.29) is 32.2 Å². The van der Waals surface area contributed by atoms with Gasteiger partial charge in [0.05, 0.1) is 34.4 Å². The Morgan fingerprint density at radius 3 is 1.00 bits per heavy atom. The smallest absolute Gasteiger partial charge is 0.361 e. The zero-order valence-electron chi connectivity index (χ0n) is 56.0. The number of quaternary nitrogens is 1. The Balaban J connectivity index is 4.15. The lowest BCUT2D eigenvalue weighted by Crippen LogP contribution is -2.40. The number of nitrogens with zero attached hydrogens (tertiary/aromatic N) is 1. The first-order valence-electron chi connectivity index (χ1n) is 35.4. The molecule has 9 nitrogen and oxygen atoms in total. The van der Waals surface area contributed by atoms with Gasteiger partial charge in [0.1, 0.15) is 13.2 Å². The van der Waals surface area contributed by atoms with Crippen molar-refractivity contribution in [3.63, 3.8) is 0 Å². The van der Waals surface area contributed by atoms with Crippen molar-refractivity contribution in [1.82, 2.24) is 0 Å². The van der Waals surface area contributed by atoms with Crippen LogP contribution in [-0.4, -0.2) is 87.4 Å². The van der Waals surface area contributed by atoms with Gasteiger partial charge in [0.25, 0.3) is 6.29 Å². The molecule has 0 spiro atoms. The maximum Gasteiger partial charge on any atom is 0.361 e. The Bertz CT molecular complexity index is 1720. The lowest BCUT2D eigenvalue weighted by Gasteiger charge is -2.25. The first-order valence-corrected chi connectivity index (χ1v) is 35.4. The Kier molecular flexibility index (Phi) is 63.2. The Labute approximate surface area is 524 Å². The first-order chi connectivity index (χ1) is 41.6. The fraction of sp³-hybridized carbons (Fsp3) is 0.750. The van der Waals surface area contributed by atoms with Gasteiger partial charge < -0.3 is 28.5 Å². The minimum atomic E-state index is -1.52. The number of hydrogen-bond acceptors (Lipinski definition) is 7. The van der Waals surface area contributed by atoms with E-state index in [4.69, 9.17) is 18.9 Å². The Morgan fingerprint density at radius 1 is 0.365 bits per heavy atom. The van der Waals surface area contributed by atoms with Gasteiger partial charge in [-0.3, -0.25) is 9.59 Å². The summed E-state index contributed by atoms with van der Waals surface area (Å²) in [7, 11) is 5.98. The third kappa shape index (κ3) is 67.6. The minimum Gasteiger partial charge on any atom is -0.477 e. The van der Waals surface area contributed by atoms with E-state index in [1.165, 1.54) is 180 Å². The number of carbonyl (C=O) groups excluding carboxylic acids is 2. The molecular weight excluding hydrogens is 1050 g/mol. The van der Waals surface area contributed by atoms with E-state index in [1.54, 1.807) is 0 Å². The highest BCUT2D eigenvalue weighted by Crippen LogP contribution is 2.18. The Hall–Kier alpha value is -3.79. The lowest BCUT2D eigenvalue weighted by atomic mass is 10.0. The molecule has 0 aromatic carbocycles. The summed E-state index contributed by atoms with van der Waals surface area (Å²) < 4.78 is 23.0. The molecule has 0 saturated carbocycles. The fourth-order valence-electron chi connectivity index (χ4n) is 9.97. The average Bonchev–Trinajstić information content (AvgIpc) is 3.49. The predicted molar refractivity (Wildman–Crippen MR) is 364 cm³/mol. The standard InChI is InChI=1S/C76H133NO8/c1-6-8-10-12-14-16-18-20-22-24-26-28-30-32-34-35-36-37-38-39-41-43-45-47-49-51-53-55-57-59-61-63-65-67-74(79)85-72(71-84-76(75(80)81)82-69-68-77(3,4)5)70-83-73(78)66-64-62-60-58-56-54-52-50-48-46-44-42-40-33-31-29-27-25-23-21-19-17-15-13-11-9-7-2/h8,10,14,16,20,22,26,28,32,34,36-37,39,41,45,47,72,76H,6-7,9,11-13,15,17-19,21,23-25,27,29-31,33,35,38,40,42-44,46,48-71H2,1-5H3/p+1/b10-8-,16-14-,22-20-,28-26-,34-32-,37-36-,41-39-,47-45-. The molecule has 9 heteroatoms. The van der Waals surface area contributed by atoms with Crippen molar-refractivity contribution in [3.05, 3.63) is 97.2 Å². The maximum absolute atomic E-state index is 12.9. The summed E-state index contributed by atoms with van der Waals surface area (Å²) in [6.07, 6.45) is 88.0. The summed E-state index contributed by atoms with van der Waals surface area (Å²) in [4.78, 5) is 37.6. The van der Waals surface area contributed by atoms with E-state index in [0.29, 0.717) is 23.9 Å².